The second-order valence-electron chi connectivity index (χ2n) is 3.58. The fourth-order valence-corrected chi connectivity index (χ4v) is 1.37. The first-order valence-electron chi connectivity index (χ1n) is 4.99. The largest absolute Gasteiger partial charge is 0.382 e. The second kappa shape index (κ2) is 4.42. The number of aromatic nitrogens is 2. The summed E-state index contributed by atoms with van der Waals surface area (Å²) < 4.78 is 4.92. The molecule has 3 N–H and O–H groups in total. The molecule has 1 atom stereocenters. The van der Waals surface area contributed by atoms with Crippen LogP contribution in [0.4, 0.5) is 0 Å². The van der Waals surface area contributed by atoms with Gasteiger partial charge >= 0.3 is 0 Å². The lowest BCUT2D eigenvalue weighted by Gasteiger charge is -1.98. The van der Waals surface area contributed by atoms with Crippen LogP contribution in [0.15, 0.2) is 28.8 Å². The summed E-state index contributed by atoms with van der Waals surface area (Å²) in [7, 11) is 0. The number of rotatable bonds is 3. The average molecular weight is 219 g/mol. The fraction of sp³-hybridized carbons (Fsp3) is 0.273. The van der Waals surface area contributed by atoms with E-state index in [0.29, 0.717) is 5.82 Å². The average Bonchev–Trinajstić information content (AvgIpc) is 2.77. The van der Waals surface area contributed by atoms with Gasteiger partial charge < -0.3 is 15.4 Å². The maximum atomic E-state index is 9.42. The van der Waals surface area contributed by atoms with E-state index in [0.717, 1.165) is 11.1 Å². The molecule has 0 radical (unpaired) electrons. The van der Waals surface area contributed by atoms with Crippen LogP contribution < -0.4 is 5.73 Å². The summed E-state index contributed by atoms with van der Waals surface area (Å²) in [6.07, 6.45) is -0.897. The van der Waals surface area contributed by atoms with Gasteiger partial charge in [-0.05, 0) is 13.0 Å². The molecule has 1 heterocycles. The minimum atomic E-state index is -0.897. The van der Waals surface area contributed by atoms with Crippen molar-refractivity contribution in [3.8, 4) is 11.4 Å². The van der Waals surface area contributed by atoms with Crippen molar-refractivity contribution in [1.29, 1.82) is 0 Å². The number of nitrogens with two attached hydrogens (primary N) is 1. The smallest absolute Gasteiger partial charge is 0.257 e. The van der Waals surface area contributed by atoms with Crippen LogP contribution in [0.5, 0.6) is 0 Å². The third-order valence-electron chi connectivity index (χ3n) is 2.23. The van der Waals surface area contributed by atoms with Crippen LogP contribution in [-0.2, 0) is 0 Å². The SMILES string of the molecule is Cc1cccc(-c2noc(C(O)CN)n2)c1. The van der Waals surface area contributed by atoms with Gasteiger partial charge in [-0.1, -0.05) is 28.9 Å². The Kier molecular flexibility index (Phi) is 2.98. The van der Waals surface area contributed by atoms with Crippen molar-refractivity contribution in [2.75, 3.05) is 6.54 Å². The van der Waals surface area contributed by atoms with E-state index >= 15 is 0 Å². The molecule has 0 saturated carbocycles. The van der Waals surface area contributed by atoms with Crippen molar-refractivity contribution in [2.24, 2.45) is 5.73 Å². The highest BCUT2D eigenvalue weighted by Gasteiger charge is 2.15. The number of benzene rings is 1. The van der Waals surface area contributed by atoms with Crippen LogP contribution in [-0.4, -0.2) is 21.8 Å². The first-order chi connectivity index (χ1) is 7.70. The molecule has 0 bridgehead atoms. The molecule has 5 nitrogen and oxygen atoms in total. The molecule has 0 fully saturated rings. The Labute approximate surface area is 92.9 Å². The molecule has 1 aromatic carbocycles. The Balaban J connectivity index is 2.31. The molecule has 1 aromatic heterocycles. The first kappa shape index (κ1) is 10.8. The van der Waals surface area contributed by atoms with Crippen molar-refractivity contribution in [2.45, 2.75) is 13.0 Å². The van der Waals surface area contributed by atoms with Crippen LogP contribution >= 0.6 is 0 Å². The van der Waals surface area contributed by atoms with Crippen LogP contribution in [0.1, 0.15) is 17.6 Å². The number of aliphatic hydroxyl groups excluding tert-OH is 1. The Morgan fingerprint density at radius 3 is 3.00 bits per heavy atom. The Morgan fingerprint density at radius 2 is 2.31 bits per heavy atom. The molecular weight excluding hydrogens is 206 g/mol. The van der Waals surface area contributed by atoms with Gasteiger partial charge in [-0.25, -0.2) is 0 Å². The van der Waals surface area contributed by atoms with Crippen molar-refractivity contribution in [1.82, 2.24) is 10.1 Å². The van der Waals surface area contributed by atoms with Crippen LogP contribution in [0.2, 0.25) is 0 Å². The minimum absolute atomic E-state index is 0.0649. The normalized spacial score (nSPS) is 12.7. The topological polar surface area (TPSA) is 85.2 Å². The van der Waals surface area contributed by atoms with Gasteiger partial charge in [-0.15, -0.1) is 0 Å². The molecule has 16 heavy (non-hydrogen) atoms. The Hall–Kier alpha value is -1.72. The molecule has 0 aliphatic rings. The zero-order valence-electron chi connectivity index (χ0n) is 8.92. The van der Waals surface area contributed by atoms with Gasteiger partial charge in [0.15, 0.2) is 0 Å². The van der Waals surface area contributed by atoms with Crippen molar-refractivity contribution >= 4 is 0 Å². The lowest BCUT2D eigenvalue weighted by Crippen LogP contribution is -2.11. The highest BCUT2D eigenvalue weighted by molar-refractivity contribution is 5.55. The second-order valence-corrected chi connectivity index (χ2v) is 3.58. The van der Waals surface area contributed by atoms with E-state index < -0.39 is 6.10 Å². The summed E-state index contributed by atoms with van der Waals surface area (Å²) >= 11 is 0. The van der Waals surface area contributed by atoms with E-state index in [9.17, 15) is 5.11 Å². The molecule has 0 saturated heterocycles. The summed E-state index contributed by atoms with van der Waals surface area (Å²) in [5, 5.41) is 13.2. The third-order valence-corrected chi connectivity index (χ3v) is 2.23. The van der Waals surface area contributed by atoms with Gasteiger partial charge in [-0.3, -0.25) is 0 Å². The molecule has 2 aromatic rings. The predicted octanol–water partition coefficient (Wildman–Crippen LogP) is 1.04. The quantitative estimate of drug-likeness (QED) is 0.805. The van der Waals surface area contributed by atoms with E-state index in [1.165, 1.54) is 0 Å². The minimum Gasteiger partial charge on any atom is -0.382 e. The molecule has 2 rings (SSSR count). The summed E-state index contributed by atoms with van der Waals surface area (Å²) in [6.45, 7) is 2.05. The number of hydrogen-bond donors (Lipinski definition) is 2. The van der Waals surface area contributed by atoms with Crippen LogP contribution in [0.3, 0.4) is 0 Å². The van der Waals surface area contributed by atoms with E-state index in [2.05, 4.69) is 10.1 Å². The standard InChI is InChI=1S/C11H13N3O2/c1-7-3-2-4-8(5-7)10-13-11(16-14-10)9(15)6-12/h2-5,9,15H,6,12H2,1H3. The Morgan fingerprint density at radius 1 is 1.50 bits per heavy atom. The van der Waals surface area contributed by atoms with Crippen LogP contribution in [0, 0.1) is 6.92 Å². The molecule has 84 valence electrons. The summed E-state index contributed by atoms with van der Waals surface area (Å²) in [4.78, 5) is 4.08. The highest BCUT2D eigenvalue weighted by Crippen LogP contribution is 2.19. The zero-order valence-corrected chi connectivity index (χ0v) is 8.92. The predicted molar refractivity (Wildman–Crippen MR) is 58.5 cm³/mol. The number of nitrogens with zero attached hydrogens (tertiary/aromatic N) is 2. The summed E-state index contributed by atoms with van der Waals surface area (Å²) in [5.41, 5.74) is 7.27. The number of aryl methyl sites for hydroxylation is 1. The van der Waals surface area contributed by atoms with Gasteiger partial charge in [0.2, 0.25) is 5.82 Å². The monoisotopic (exact) mass is 219 g/mol. The highest BCUT2D eigenvalue weighted by atomic mass is 16.5. The third kappa shape index (κ3) is 2.10. The fourth-order valence-electron chi connectivity index (χ4n) is 1.37. The maximum Gasteiger partial charge on any atom is 0.257 e. The summed E-state index contributed by atoms with van der Waals surface area (Å²) in [6, 6.07) is 7.74. The maximum absolute atomic E-state index is 9.42. The lowest BCUT2D eigenvalue weighted by molar-refractivity contribution is 0.141. The molecule has 0 aliphatic carbocycles. The molecule has 0 aliphatic heterocycles. The van der Waals surface area contributed by atoms with Gasteiger partial charge in [0.05, 0.1) is 0 Å². The van der Waals surface area contributed by atoms with Gasteiger partial charge in [0, 0.05) is 12.1 Å². The molecular formula is C11H13N3O2. The van der Waals surface area contributed by atoms with E-state index in [1.54, 1.807) is 0 Å². The van der Waals surface area contributed by atoms with Crippen molar-refractivity contribution < 1.29 is 9.63 Å². The van der Waals surface area contributed by atoms with Gasteiger partial charge in [0.1, 0.15) is 6.10 Å². The molecule has 0 amide bonds. The van der Waals surface area contributed by atoms with Gasteiger partial charge in [-0.2, -0.15) is 4.98 Å². The Bertz CT molecular complexity index is 482. The van der Waals surface area contributed by atoms with E-state index in [1.807, 2.05) is 31.2 Å². The molecule has 1 unspecified atom stereocenters. The van der Waals surface area contributed by atoms with E-state index in [-0.39, 0.29) is 12.4 Å². The van der Waals surface area contributed by atoms with Crippen LogP contribution in [0.25, 0.3) is 11.4 Å². The summed E-state index contributed by atoms with van der Waals surface area (Å²) in [5.74, 6) is 0.616. The van der Waals surface area contributed by atoms with Crippen molar-refractivity contribution in [3.63, 3.8) is 0 Å². The lowest BCUT2D eigenvalue weighted by atomic mass is 10.1. The molecule has 5 heteroatoms. The molecule has 0 spiro atoms. The van der Waals surface area contributed by atoms with E-state index in [4.69, 9.17) is 10.3 Å². The number of hydrogen-bond acceptors (Lipinski definition) is 5. The first-order valence-corrected chi connectivity index (χ1v) is 4.99. The zero-order chi connectivity index (χ0) is 11.5. The van der Waals surface area contributed by atoms with Crippen molar-refractivity contribution in [3.05, 3.63) is 35.7 Å². The van der Waals surface area contributed by atoms with Gasteiger partial charge in [0.25, 0.3) is 5.89 Å². The number of aliphatic hydroxyl groups is 1.